The predicted octanol–water partition coefficient (Wildman–Crippen LogP) is 2.29. The number of carbonyl (C=O) groups is 1. The third kappa shape index (κ3) is 2.38. The van der Waals surface area contributed by atoms with Gasteiger partial charge >= 0.3 is 0 Å². The van der Waals surface area contributed by atoms with E-state index in [4.69, 9.17) is 5.26 Å². The lowest BCUT2D eigenvalue weighted by Crippen LogP contribution is -2.05. The van der Waals surface area contributed by atoms with Crippen molar-refractivity contribution in [3.8, 4) is 11.8 Å². The van der Waals surface area contributed by atoms with E-state index >= 15 is 0 Å². The minimum Gasteiger partial charge on any atom is -0.292 e. The molecule has 19 heavy (non-hydrogen) atoms. The molecule has 0 saturated carbocycles. The molecule has 5 nitrogen and oxygen atoms in total. The van der Waals surface area contributed by atoms with Gasteiger partial charge in [-0.3, -0.25) is 4.79 Å². The van der Waals surface area contributed by atoms with Crippen LogP contribution in [-0.2, 0) is 6.42 Å². The Morgan fingerprint density at radius 2 is 2.00 bits per heavy atom. The number of aromatic nitrogens is 3. The SMILES string of the molecule is CCC(=O)c1nnn(-c2ccc(C#N)cc2)c1CC. The Labute approximate surface area is 111 Å². The molecular weight excluding hydrogens is 240 g/mol. The first kappa shape index (κ1) is 13.0. The summed E-state index contributed by atoms with van der Waals surface area (Å²) in [5.41, 5.74) is 2.64. The van der Waals surface area contributed by atoms with Crippen molar-refractivity contribution in [2.75, 3.05) is 0 Å². The summed E-state index contributed by atoms with van der Waals surface area (Å²) in [5.74, 6) is -0.00301. The van der Waals surface area contributed by atoms with Gasteiger partial charge in [-0.1, -0.05) is 19.1 Å². The van der Waals surface area contributed by atoms with Crippen molar-refractivity contribution >= 4 is 5.78 Å². The highest BCUT2D eigenvalue weighted by atomic mass is 16.1. The van der Waals surface area contributed by atoms with Crippen molar-refractivity contribution in [2.45, 2.75) is 26.7 Å². The number of ketones is 1. The number of carbonyl (C=O) groups excluding carboxylic acids is 1. The number of nitriles is 1. The zero-order chi connectivity index (χ0) is 13.8. The highest BCUT2D eigenvalue weighted by Gasteiger charge is 2.17. The van der Waals surface area contributed by atoms with Crippen molar-refractivity contribution in [1.82, 2.24) is 15.0 Å². The van der Waals surface area contributed by atoms with Crippen LogP contribution in [-0.4, -0.2) is 20.8 Å². The van der Waals surface area contributed by atoms with E-state index in [-0.39, 0.29) is 5.78 Å². The number of nitrogens with zero attached hydrogens (tertiary/aromatic N) is 4. The normalized spacial score (nSPS) is 10.2. The van der Waals surface area contributed by atoms with E-state index in [9.17, 15) is 4.79 Å². The molecule has 0 unspecified atom stereocenters. The highest BCUT2D eigenvalue weighted by Crippen LogP contribution is 2.15. The highest BCUT2D eigenvalue weighted by molar-refractivity contribution is 5.95. The van der Waals surface area contributed by atoms with E-state index in [1.165, 1.54) is 0 Å². The molecule has 0 spiro atoms. The maximum Gasteiger partial charge on any atom is 0.184 e. The van der Waals surface area contributed by atoms with Crippen LogP contribution in [0.4, 0.5) is 0 Å². The lowest BCUT2D eigenvalue weighted by Gasteiger charge is -2.05. The molecule has 2 aromatic rings. The molecule has 0 amide bonds. The lowest BCUT2D eigenvalue weighted by molar-refractivity contribution is 0.0982. The molecule has 0 aliphatic rings. The van der Waals surface area contributed by atoms with E-state index in [1.807, 2.05) is 13.8 Å². The Kier molecular flexibility index (Phi) is 3.71. The van der Waals surface area contributed by atoms with E-state index in [0.717, 1.165) is 11.4 Å². The van der Waals surface area contributed by atoms with Gasteiger partial charge in [-0.2, -0.15) is 5.26 Å². The zero-order valence-electron chi connectivity index (χ0n) is 10.9. The summed E-state index contributed by atoms with van der Waals surface area (Å²) in [4.78, 5) is 11.8. The van der Waals surface area contributed by atoms with Crippen LogP contribution < -0.4 is 0 Å². The molecule has 0 aliphatic heterocycles. The van der Waals surface area contributed by atoms with Crippen LogP contribution in [0.25, 0.3) is 5.69 Å². The monoisotopic (exact) mass is 254 g/mol. The molecule has 0 radical (unpaired) electrons. The topological polar surface area (TPSA) is 71.6 Å². The van der Waals surface area contributed by atoms with Crippen molar-refractivity contribution in [3.63, 3.8) is 0 Å². The van der Waals surface area contributed by atoms with Crippen LogP contribution >= 0.6 is 0 Å². The van der Waals surface area contributed by atoms with E-state index in [2.05, 4.69) is 16.4 Å². The minimum absolute atomic E-state index is 0.00301. The first-order valence-corrected chi connectivity index (χ1v) is 6.19. The van der Waals surface area contributed by atoms with Crippen molar-refractivity contribution in [3.05, 3.63) is 41.2 Å². The van der Waals surface area contributed by atoms with Crippen LogP contribution in [0.15, 0.2) is 24.3 Å². The zero-order valence-corrected chi connectivity index (χ0v) is 10.9. The molecule has 1 aromatic heterocycles. The van der Waals surface area contributed by atoms with Crippen LogP contribution in [0.2, 0.25) is 0 Å². The fourth-order valence-electron chi connectivity index (χ4n) is 1.89. The molecule has 5 heteroatoms. The molecule has 0 saturated heterocycles. The first-order valence-electron chi connectivity index (χ1n) is 6.19. The van der Waals surface area contributed by atoms with E-state index in [1.54, 1.807) is 28.9 Å². The molecule has 0 aliphatic carbocycles. The number of hydrogen-bond acceptors (Lipinski definition) is 4. The van der Waals surface area contributed by atoms with Crippen LogP contribution in [0.5, 0.6) is 0 Å². The van der Waals surface area contributed by atoms with Crippen LogP contribution in [0.3, 0.4) is 0 Å². The predicted molar refractivity (Wildman–Crippen MR) is 70.1 cm³/mol. The van der Waals surface area contributed by atoms with Gasteiger partial charge in [-0.05, 0) is 30.7 Å². The second kappa shape index (κ2) is 5.44. The second-order valence-corrected chi connectivity index (χ2v) is 4.09. The lowest BCUT2D eigenvalue weighted by atomic mass is 10.1. The standard InChI is InChI=1S/C14H14N4O/c1-3-12-14(13(19)4-2)16-17-18(12)11-7-5-10(9-15)6-8-11/h5-8H,3-4H2,1-2H3. The Morgan fingerprint density at radius 3 is 2.53 bits per heavy atom. The largest absolute Gasteiger partial charge is 0.292 e. The Bertz CT molecular complexity index is 634. The first-order chi connectivity index (χ1) is 9.21. The summed E-state index contributed by atoms with van der Waals surface area (Å²) in [5, 5.41) is 16.8. The maximum absolute atomic E-state index is 11.8. The van der Waals surface area contributed by atoms with Gasteiger partial charge in [-0.15, -0.1) is 5.10 Å². The number of rotatable bonds is 4. The summed E-state index contributed by atoms with van der Waals surface area (Å²) in [6.07, 6.45) is 1.09. The van der Waals surface area contributed by atoms with E-state index in [0.29, 0.717) is 24.1 Å². The summed E-state index contributed by atoms with van der Waals surface area (Å²) in [7, 11) is 0. The number of Topliss-reactive ketones (excluding diaryl/α,β-unsaturated/α-hetero) is 1. The average molecular weight is 254 g/mol. The molecule has 0 fully saturated rings. The number of hydrogen-bond donors (Lipinski definition) is 0. The molecule has 0 atom stereocenters. The molecule has 0 N–H and O–H groups in total. The van der Waals surface area contributed by atoms with Gasteiger partial charge in [0.15, 0.2) is 11.5 Å². The molecule has 96 valence electrons. The Balaban J connectivity index is 2.47. The Morgan fingerprint density at radius 1 is 1.32 bits per heavy atom. The van der Waals surface area contributed by atoms with Gasteiger partial charge in [0.1, 0.15) is 0 Å². The summed E-state index contributed by atoms with van der Waals surface area (Å²) < 4.78 is 1.66. The quantitative estimate of drug-likeness (QED) is 0.785. The van der Waals surface area contributed by atoms with Gasteiger partial charge < -0.3 is 0 Å². The smallest absolute Gasteiger partial charge is 0.184 e. The molecule has 1 aromatic carbocycles. The summed E-state index contributed by atoms with van der Waals surface area (Å²) in [6.45, 7) is 3.77. The van der Waals surface area contributed by atoms with Crippen molar-refractivity contribution < 1.29 is 4.79 Å². The molecule has 0 bridgehead atoms. The Hall–Kier alpha value is -2.48. The second-order valence-electron chi connectivity index (χ2n) is 4.09. The van der Waals surface area contributed by atoms with Gasteiger partial charge in [0.25, 0.3) is 0 Å². The fourth-order valence-corrected chi connectivity index (χ4v) is 1.89. The van der Waals surface area contributed by atoms with Crippen LogP contribution in [0.1, 0.15) is 42.0 Å². The van der Waals surface area contributed by atoms with E-state index < -0.39 is 0 Å². The molecular formula is C14H14N4O. The van der Waals surface area contributed by atoms with Crippen molar-refractivity contribution in [2.24, 2.45) is 0 Å². The fraction of sp³-hybridized carbons (Fsp3) is 0.286. The maximum atomic E-state index is 11.8. The van der Waals surface area contributed by atoms with Gasteiger partial charge in [0.2, 0.25) is 0 Å². The minimum atomic E-state index is -0.00301. The van der Waals surface area contributed by atoms with Gasteiger partial charge in [0.05, 0.1) is 23.0 Å². The van der Waals surface area contributed by atoms with Gasteiger partial charge in [0, 0.05) is 6.42 Å². The van der Waals surface area contributed by atoms with Crippen molar-refractivity contribution in [1.29, 1.82) is 5.26 Å². The third-order valence-corrected chi connectivity index (χ3v) is 2.92. The number of benzene rings is 1. The average Bonchev–Trinajstić information content (AvgIpc) is 2.90. The summed E-state index contributed by atoms with van der Waals surface area (Å²) >= 11 is 0. The van der Waals surface area contributed by atoms with Gasteiger partial charge in [-0.25, -0.2) is 4.68 Å². The molecule has 2 rings (SSSR count). The van der Waals surface area contributed by atoms with Crippen LogP contribution in [0, 0.1) is 11.3 Å². The third-order valence-electron chi connectivity index (χ3n) is 2.92. The summed E-state index contributed by atoms with van der Waals surface area (Å²) in [6, 6.07) is 9.10. The molecule has 1 heterocycles.